The topological polar surface area (TPSA) is 96.6 Å². The molecule has 0 atom stereocenters. The second-order valence-electron chi connectivity index (χ2n) is 6.38. The van der Waals surface area contributed by atoms with Crippen molar-refractivity contribution in [3.63, 3.8) is 0 Å². The fraction of sp³-hybridized carbons (Fsp3) is 0.238. The zero-order valence-corrected chi connectivity index (χ0v) is 15.6. The van der Waals surface area contributed by atoms with Gasteiger partial charge in [-0.25, -0.2) is 5.43 Å². The van der Waals surface area contributed by atoms with E-state index in [0.29, 0.717) is 17.4 Å². The van der Waals surface area contributed by atoms with Crippen LogP contribution in [0.1, 0.15) is 42.1 Å². The molecule has 2 heterocycles. The van der Waals surface area contributed by atoms with Gasteiger partial charge < -0.3 is 9.67 Å². The van der Waals surface area contributed by atoms with Crippen LogP contribution >= 0.6 is 0 Å². The number of fused-ring (bicyclic) bond motifs is 1. The molecular formula is C21H22N4O3. The van der Waals surface area contributed by atoms with Crippen LogP contribution in [0.5, 0.6) is 5.75 Å². The Morgan fingerprint density at radius 3 is 2.71 bits per heavy atom. The van der Waals surface area contributed by atoms with Gasteiger partial charge in [0, 0.05) is 24.3 Å². The van der Waals surface area contributed by atoms with Crippen LogP contribution in [0, 0.1) is 0 Å². The molecular weight excluding hydrogens is 356 g/mol. The van der Waals surface area contributed by atoms with Crippen molar-refractivity contribution < 1.29 is 9.90 Å². The highest BCUT2D eigenvalue weighted by molar-refractivity contribution is 6.02. The van der Waals surface area contributed by atoms with Gasteiger partial charge in [0.05, 0.1) is 11.7 Å². The fourth-order valence-corrected chi connectivity index (χ4v) is 3.01. The van der Waals surface area contributed by atoms with Crippen molar-refractivity contribution in [2.75, 3.05) is 0 Å². The van der Waals surface area contributed by atoms with Crippen molar-refractivity contribution in [3.8, 4) is 5.75 Å². The highest BCUT2D eigenvalue weighted by Gasteiger charge is 2.21. The summed E-state index contributed by atoms with van der Waals surface area (Å²) in [6.45, 7) is 2.56. The number of amides is 1. The average molecular weight is 378 g/mol. The summed E-state index contributed by atoms with van der Waals surface area (Å²) in [5.41, 5.74) is 2.85. The minimum Gasteiger partial charge on any atom is -0.506 e. The van der Waals surface area contributed by atoms with Gasteiger partial charge in [-0.15, -0.1) is 0 Å². The fourth-order valence-electron chi connectivity index (χ4n) is 3.01. The molecule has 1 amide bonds. The molecule has 0 saturated carbocycles. The zero-order valence-electron chi connectivity index (χ0n) is 15.6. The van der Waals surface area contributed by atoms with Crippen molar-refractivity contribution in [3.05, 3.63) is 70.3 Å². The first-order valence-corrected chi connectivity index (χ1v) is 9.21. The van der Waals surface area contributed by atoms with Gasteiger partial charge in [-0.1, -0.05) is 31.9 Å². The summed E-state index contributed by atoms with van der Waals surface area (Å²) in [5, 5.41) is 14.9. The summed E-state index contributed by atoms with van der Waals surface area (Å²) in [7, 11) is 0. The molecule has 144 valence electrons. The Morgan fingerprint density at radius 1 is 1.21 bits per heavy atom. The monoisotopic (exact) mass is 378 g/mol. The van der Waals surface area contributed by atoms with Gasteiger partial charge >= 0.3 is 0 Å². The molecule has 0 bridgehead atoms. The second-order valence-corrected chi connectivity index (χ2v) is 6.38. The Kier molecular flexibility index (Phi) is 6.16. The van der Waals surface area contributed by atoms with Crippen LogP contribution in [0.25, 0.3) is 10.9 Å². The molecule has 1 aromatic carbocycles. The number of nitrogens with zero attached hydrogens (tertiary/aromatic N) is 3. The molecule has 2 N–H and O–H groups in total. The maximum Gasteiger partial charge on any atom is 0.280 e. The van der Waals surface area contributed by atoms with E-state index < -0.39 is 11.5 Å². The van der Waals surface area contributed by atoms with Gasteiger partial charge in [0.1, 0.15) is 11.3 Å². The molecule has 7 heteroatoms. The van der Waals surface area contributed by atoms with Gasteiger partial charge in [0.25, 0.3) is 11.5 Å². The lowest BCUT2D eigenvalue weighted by atomic mass is 10.1. The van der Waals surface area contributed by atoms with E-state index in [1.807, 2.05) is 0 Å². The molecule has 0 radical (unpaired) electrons. The number of para-hydroxylation sites is 1. The molecule has 0 spiro atoms. The van der Waals surface area contributed by atoms with Crippen LogP contribution < -0.4 is 11.0 Å². The molecule has 0 aliphatic heterocycles. The van der Waals surface area contributed by atoms with E-state index in [2.05, 4.69) is 22.4 Å². The summed E-state index contributed by atoms with van der Waals surface area (Å²) in [6.07, 6.45) is 7.45. The number of carbonyl (C=O) groups excluding carboxylic acids is 1. The third kappa shape index (κ3) is 4.09. The smallest absolute Gasteiger partial charge is 0.280 e. The lowest BCUT2D eigenvalue weighted by Crippen LogP contribution is -2.31. The zero-order chi connectivity index (χ0) is 19.9. The van der Waals surface area contributed by atoms with Crippen LogP contribution in [0.3, 0.4) is 0 Å². The van der Waals surface area contributed by atoms with Gasteiger partial charge in [0.15, 0.2) is 0 Å². The number of aromatic hydroxyl groups is 1. The third-order valence-corrected chi connectivity index (χ3v) is 4.44. The molecule has 0 aliphatic rings. The first-order chi connectivity index (χ1) is 13.6. The van der Waals surface area contributed by atoms with Gasteiger partial charge in [-0.05, 0) is 36.2 Å². The number of carbonyl (C=O) groups is 1. The molecule has 0 fully saturated rings. The Labute approximate surface area is 162 Å². The standard InChI is InChI=1S/C21H22N4O3/c1-2-3-6-13-25-17-8-5-4-7-16(17)19(26)18(21(25)28)20(27)24-23-14-15-9-11-22-12-10-15/h4-5,7-12,14,26H,2-3,6,13H2,1H3,(H,24,27)/b23-14+. The Morgan fingerprint density at radius 2 is 1.96 bits per heavy atom. The highest BCUT2D eigenvalue weighted by Crippen LogP contribution is 2.26. The van der Waals surface area contributed by atoms with Crippen molar-refractivity contribution in [1.29, 1.82) is 0 Å². The predicted octanol–water partition coefficient (Wildman–Crippen LogP) is 3.06. The minimum atomic E-state index is -0.747. The molecule has 0 saturated heterocycles. The molecule has 2 aromatic heterocycles. The van der Waals surface area contributed by atoms with E-state index >= 15 is 0 Å². The van der Waals surface area contributed by atoms with Crippen molar-refractivity contribution >= 4 is 23.0 Å². The van der Waals surface area contributed by atoms with Crippen LogP contribution in [0.2, 0.25) is 0 Å². The van der Waals surface area contributed by atoms with Crippen molar-refractivity contribution in [2.24, 2.45) is 5.10 Å². The number of pyridine rings is 2. The first kappa shape index (κ1) is 19.3. The van der Waals surface area contributed by atoms with E-state index in [4.69, 9.17) is 0 Å². The average Bonchev–Trinajstić information content (AvgIpc) is 2.71. The number of rotatable bonds is 7. The Bertz CT molecular complexity index is 1060. The van der Waals surface area contributed by atoms with Crippen LogP contribution in [-0.2, 0) is 6.54 Å². The molecule has 0 aliphatic carbocycles. The Balaban J connectivity index is 1.96. The molecule has 3 rings (SSSR count). The second kappa shape index (κ2) is 8.94. The number of hydrogen-bond acceptors (Lipinski definition) is 5. The van der Waals surface area contributed by atoms with E-state index in [0.717, 1.165) is 24.8 Å². The summed E-state index contributed by atoms with van der Waals surface area (Å²) >= 11 is 0. The van der Waals surface area contributed by atoms with Gasteiger partial charge in [0.2, 0.25) is 0 Å². The van der Waals surface area contributed by atoms with E-state index in [9.17, 15) is 14.7 Å². The van der Waals surface area contributed by atoms with Crippen LogP contribution in [0.4, 0.5) is 0 Å². The largest absolute Gasteiger partial charge is 0.506 e. The molecule has 0 unspecified atom stereocenters. The number of hydrogen-bond donors (Lipinski definition) is 2. The van der Waals surface area contributed by atoms with Crippen molar-refractivity contribution in [2.45, 2.75) is 32.7 Å². The predicted molar refractivity (Wildman–Crippen MR) is 109 cm³/mol. The number of unbranched alkanes of at least 4 members (excludes halogenated alkanes) is 2. The summed E-state index contributed by atoms with van der Waals surface area (Å²) in [4.78, 5) is 29.4. The SMILES string of the molecule is CCCCCn1c(=O)c(C(=O)N/N=C/c2ccncc2)c(O)c2ccccc21. The van der Waals surface area contributed by atoms with Gasteiger partial charge in [-0.2, -0.15) is 5.10 Å². The van der Waals surface area contributed by atoms with Gasteiger partial charge in [-0.3, -0.25) is 14.6 Å². The maximum absolute atomic E-state index is 13.0. The molecule has 3 aromatic rings. The van der Waals surface area contributed by atoms with E-state index in [1.54, 1.807) is 53.4 Å². The molecule has 7 nitrogen and oxygen atoms in total. The number of nitrogens with one attached hydrogen (secondary N) is 1. The number of aryl methyl sites for hydroxylation is 1. The number of benzene rings is 1. The minimum absolute atomic E-state index is 0.304. The Hall–Kier alpha value is -3.48. The lowest BCUT2D eigenvalue weighted by molar-refractivity contribution is 0.0950. The van der Waals surface area contributed by atoms with E-state index in [-0.39, 0.29) is 11.3 Å². The summed E-state index contributed by atoms with van der Waals surface area (Å²) in [6, 6.07) is 10.5. The van der Waals surface area contributed by atoms with Crippen LogP contribution in [0.15, 0.2) is 58.7 Å². The maximum atomic E-state index is 13.0. The van der Waals surface area contributed by atoms with Crippen LogP contribution in [-0.4, -0.2) is 26.8 Å². The summed E-state index contributed by atoms with van der Waals surface area (Å²) < 4.78 is 1.55. The highest BCUT2D eigenvalue weighted by atomic mass is 16.3. The van der Waals surface area contributed by atoms with E-state index in [1.165, 1.54) is 6.21 Å². The van der Waals surface area contributed by atoms with Crippen molar-refractivity contribution in [1.82, 2.24) is 15.0 Å². The quantitative estimate of drug-likeness (QED) is 0.375. The number of aromatic nitrogens is 2. The normalized spacial score (nSPS) is 11.2. The lowest BCUT2D eigenvalue weighted by Gasteiger charge is -2.14. The third-order valence-electron chi connectivity index (χ3n) is 4.44. The first-order valence-electron chi connectivity index (χ1n) is 9.21. The number of hydrazone groups is 1. The molecule has 28 heavy (non-hydrogen) atoms. The summed E-state index contributed by atoms with van der Waals surface area (Å²) in [5.74, 6) is -1.08.